The van der Waals surface area contributed by atoms with Gasteiger partial charge in [-0.25, -0.2) is 0 Å². The van der Waals surface area contributed by atoms with Gasteiger partial charge in [-0.05, 0) is 74.9 Å². The summed E-state index contributed by atoms with van der Waals surface area (Å²) in [5.74, 6) is 8.35. The Morgan fingerprint density at radius 1 is 1.11 bits per heavy atom. The first-order chi connectivity index (χ1) is 12.2. The maximum atomic E-state index is 10.1. The SMILES string of the molecule is CC(CO)C1(C#CC(C)(C)O[Si](C)(C)C(C)(C)C)CCC2CCCCC21C. The van der Waals surface area contributed by atoms with Crippen molar-refractivity contribution in [1.82, 2.24) is 0 Å². The van der Waals surface area contributed by atoms with Gasteiger partial charge in [0.1, 0.15) is 5.60 Å². The monoisotopic (exact) mass is 392 g/mol. The highest BCUT2D eigenvalue weighted by atomic mass is 28.4. The number of rotatable bonds is 4. The topological polar surface area (TPSA) is 29.5 Å². The zero-order valence-corrected chi connectivity index (χ0v) is 20.5. The number of aliphatic hydroxyl groups is 1. The van der Waals surface area contributed by atoms with Crippen LogP contribution in [-0.4, -0.2) is 25.6 Å². The molecule has 0 amide bonds. The van der Waals surface area contributed by atoms with Crippen LogP contribution in [0.15, 0.2) is 0 Å². The van der Waals surface area contributed by atoms with E-state index in [2.05, 4.69) is 73.4 Å². The van der Waals surface area contributed by atoms with Crippen molar-refractivity contribution in [2.45, 2.75) is 111 Å². The first-order valence-corrected chi connectivity index (χ1v) is 14.0. The third-order valence-corrected chi connectivity index (χ3v) is 13.0. The van der Waals surface area contributed by atoms with Gasteiger partial charge in [-0.3, -0.25) is 0 Å². The van der Waals surface area contributed by atoms with Crippen LogP contribution in [0.3, 0.4) is 0 Å². The predicted molar refractivity (Wildman–Crippen MR) is 118 cm³/mol. The van der Waals surface area contributed by atoms with Gasteiger partial charge in [-0.2, -0.15) is 0 Å². The molecule has 3 heteroatoms. The molecule has 2 rings (SSSR count). The fraction of sp³-hybridized carbons (Fsp3) is 0.917. The van der Waals surface area contributed by atoms with Gasteiger partial charge in [-0.1, -0.05) is 59.3 Å². The minimum Gasteiger partial charge on any atom is -0.401 e. The van der Waals surface area contributed by atoms with Gasteiger partial charge in [0, 0.05) is 12.0 Å². The zero-order chi connectivity index (χ0) is 20.7. The normalized spacial score (nSPS) is 33.2. The average Bonchev–Trinajstić information content (AvgIpc) is 2.84. The fourth-order valence-electron chi connectivity index (χ4n) is 5.52. The fourth-order valence-corrected chi connectivity index (χ4v) is 7.15. The van der Waals surface area contributed by atoms with E-state index >= 15 is 0 Å². The Morgan fingerprint density at radius 3 is 2.30 bits per heavy atom. The van der Waals surface area contributed by atoms with Gasteiger partial charge in [0.2, 0.25) is 0 Å². The van der Waals surface area contributed by atoms with Gasteiger partial charge >= 0.3 is 0 Å². The summed E-state index contributed by atoms with van der Waals surface area (Å²) in [6.07, 6.45) is 7.63. The van der Waals surface area contributed by atoms with Crippen molar-refractivity contribution in [3.8, 4) is 11.8 Å². The molecule has 2 saturated carbocycles. The average molecular weight is 393 g/mol. The van der Waals surface area contributed by atoms with Gasteiger partial charge in [0.25, 0.3) is 0 Å². The van der Waals surface area contributed by atoms with Crippen molar-refractivity contribution in [3.05, 3.63) is 0 Å². The molecule has 2 nitrogen and oxygen atoms in total. The molecular formula is C24H44O2Si. The van der Waals surface area contributed by atoms with Crippen LogP contribution in [-0.2, 0) is 4.43 Å². The zero-order valence-electron chi connectivity index (χ0n) is 19.5. The standard InChI is InChI=1S/C24H44O2Si/c1-19(18-25)24(15-13-20-12-10-11-14-23(20,24)7)17-16-22(5,6)26-27(8,9)21(2,3)4/h19-20,25H,10-15,18H2,1-9H3. The first-order valence-electron chi connectivity index (χ1n) is 11.1. The summed E-state index contributed by atoms with van der Waals surface area (Å²) in [5.41, 5.74) is -0.303. The largest absolute Gasteiger partial charge is 0.401 e. The second-order valence-electron chi connectivity index (χ2n) is 11.6. The molecule has 0 aliphatic heterocycles. The van der Waals surface area contributed by atoms with Gasteiger partial charge in [0.05, 0.1) is 0 Å². The van der Waals surface area contributed by atoms with E-state index < -0.39 is 13.9 Å². The molecule has 2 aliphatic carbocycles. The van der Waals surface area contributed by atoms with E-state index in [1.165, 1.54) is 32.1 Å². The van der Waals surface area contributed by atoms with Crippen molar-refractivity contribution in [3.63, 3.8) is 0 Å². The summed E-state index contributed by atoms with van der Waals surface area (Å²) in [6.45, 7) is 20.6. The third kappa shape index (κ3) is 4.19. The molecule has 0 aromatic carbocycles. The van der Waals surface area contributed by atoms with E-state index in [0.717, 1.165) is 12.3 Å². The lowest BCUT2D eigenvalue weighted by Crippen LogP contribution is -2.48. The van der Waals surface area contributed by atoms with Crippen molar-refractivity contribution in [2.24, 2.45) is 22.7 Å². The minimum absolute atomic E-state index is 0.0824. The molecule has 2 aliphatic rings. The van der Waals surface area contributed by atoms with Crippen molar-refractivity contribution in [2.75, 3.05) is 6.61 Å². The van der Waals surface area contributed by atoms with E-state index in [1.54, 1.807) is 0 Å². The molecule has 1 N–H and O–H groups in total. The van der Waals surface area contributed by atoms with Crippen LogP contribution in [0.4, 0.5) is 0 Å². The molecule has 0 aromatic rings. The van der Waals surface area contributed by atoms with Crippen LogP contribution in [0.5, 0.6) is 0 Å². The number of fused-ring (bicyclic) bond motifs is 1. The van der Waals surface area contributed by atoms with Crippen LogP contribution < -0.4 is 0 Å². The molecule has 0 saturated heterocycles. The lowest BCUT2D eigenvalue weighted by molar-refractivity contribution is 0.000225. The van der Waals surface area contributed by atoms with E-state index in [1.807, 2.05) is 0 Å². The van der Waals surface area contributed by atoms with Crippen molar-refractivity contribution >= 4 is 8.32 Å². The second-order valence-corrected chi connectivity index (χ2v) is 16.3. The first kappa shape index (κ1) is 23.0. The number of hydrogen-bond acceptors (Lipinski definition) is 2. The van der Waals surface area contributed by atoms with E-state index in [-0.39, 0.29) is 28.4 Å². The van der Waals surface area contributed by atoms with Crippen LogP contribution in [0, 0.1) is 34.5 Å². The highest BCUT2D eigenvalue weighted by molar-refractivity contribution is 6.74. The molecule has 0 heterocycles. The lowest BCUT2D eigenvalue weighted by atomic mass is 9.54. The smallest absolute Gasteiger partial charge is 0.194 e. The molecule has 0 radical (unpaired) electrons. The van der Waals surface area contributed by atoms with Gasteiger partial charge in [0.15, 0.2) is 8.32 Å². The highest BCUT2D eigenvalue weighted by Crippen LogP contribution is 2.64. The predicted octanol–water partition coefficient (Wildman–Crippen LogP) is 6.40. The van der Waals surface area contributed by atoms with E-state index in [0.29, 0.717) is 0 Å². The Balaban J connectivity index is 2.39. The molecule has 0 spiro atoms. The molecule has 4 unspecified atom stereocenters. The Hall–Kier alpha value is -0.303. The number of aliphatic hydroxyl groups excluding tert-OH is 1. The van der Waals surface area contributed by atoms with Crippen LogP contribution in [0.2, 0.25) is 18.1 Å². The van der Waals surface area contributed by atoms with Crippen LogP contribution in [0.25, 0.3) is 0 Å². The summed E-state index contributed by atoms with van der Waals surface area (Å²) < 4.78 is 6.68. The van der Waals surface area contributed by atoms with Crippen molar-refractivity contribution < 1.29 is 9.53 Å². The molecule has 4 atom stereocenters. The Morgan fingerprint density at radius 2 is 1.74 bits per heavy atom. The molecule has 156 valence electrons. The second kappa shape index (κ2) is 7.51. The Labute approximate surface area is 170 Å². The van der Waals surface area contributed by atoms with Gasteiger partial charge < -0.3 is 9.53 Å². The summed E-state index contributed by atoms with van der Waals surface area (Å²) in [6, 6.07) is 0. The maximum Gasteiger partial charge on any atom is 0.194 e. The van der Waals surface area contributed by atoms with Crippen LogP contribution >= 0.6 is 0 Å². The van der Waals surface area contributed by atoms with Gasteiger partial charge in [-0.15, -0.1) is 0 Å². The minimum atomic E-state index is -1.88. The molecule has 0 bridgehead atoms. The molecule has 27 heavy (non-hydrogen) atoms. The molecular weight excluding hydrogens is 348 g/mol. The molecule has 0 aromatic heterocycles. The summed E-state index contributed by atoms with van der Waals surface area (Å²) in [4.78, 5) is 0. The van der Waals surface area contributed by atoms with Crippen LogP contribution in [0.1, 0.15) is 87.0 Å². The maximum absolute atomic E-state index is 10.1. The Bertz CT molecular complexity index is 592. The van der Waals surface area contributed by atoms with E-state index in [9.17, 15) is 5.11 Å². The summed E-state index contributed by atoms with van der Waals surface area (Å²) in [5, 5.41) is 10.3. The highest BCUT2D eigenvalue weighted by Gasteiger charge is 2.59. The third-order valence-electron chi connectivity index (χ3n) is 8.32. The van der Waals surface area contributed by atoms with E-state index in [4.69, 9.17) is 4.43 Å². The summed E-state index contributed by atoms with van der Waals surface area (Å²) >= 11 is 0. The lowest BCUT2D eigenvalue weighted by Gasteiger charge is -2.49. The Kier molecular flexibility index (Phi) is 6.39. The molecule has 2 fully saturated rings. The quantitative estimate of drug-likeness (QED) is 0.443. The number of hydrogen-bond donors (Lipinski definition) is 1. The summed E-state index contributed by atoms with van der Waals surface area (Å²) in [7, 11) is -1.88. The van der Waals surface area contributed by atoms with Crippen molar-refractivity contribution in [1.29, 1.82) is 0 Å².